The first-order valence-corrected chi connectivity index (χ1v) is 8.77. The van der Waals surface area contributed by atoms with Crippen molar-refractivity contribution in [3.63, 3.8) is 0 Å². The Kier molecular flexibility index (Phi) is 6.66. The topological polar surface area (TPSA) is 80.3 Å². The number of pyridine rings is 1. The number of nitrogens with one attached hydrogen (secondary N) is 2. The summed E-state index contributed by atoms with van der Waals surface area (Å²) in [5, 5.41) is 3.30. The summed E-state index contributed by atoms with van der Waals surface area (Å²) >= 11 is 0. The Labute approximate surface area is 137 Å². The van der Waals surface area contributed by atoms with Crippen LogP contribution in [-0.2, 0) is 27.8 Å². The van der Waals surface area contributed by atoms with E-state index in [-0.39, 0.29) is 11.4 Å². The summed E-state index contributed by atoms with van der Waals surface area (Å²) in [6, 6.07) is 10.7. The number of methoxy groups -OCH3 is 1. The van der Waals surface area contributed by atoms with Crippen LogP contribution < -0.4 is 10.0 Å². The van der Waals surface area contributed by atoms with Gasteiger partial charge >= 0.3 is 0 Å². The average Bonchev–Trinajstić information content (AvgIpc) is 2.56. The van der Waals surface area contributed by atoms with Crippen LogP contribution in [0.25, 0.3) is 0 Å². The van der Waals surface area contributed by atoms with Crippen LogP contribution in [0.5, 0.6) is 0 Å². The van der Waals surface area contributed by atoms with Crippen molar-refractivity contribution in [2.75, 3.05) is 20.3 Å². The van der Waals surface area contributed by atoms with Crippen molar-refractivity contribution >= 4 is 10.0 Å². The predicted molar refractivity (Wildman–Crippen MR) is 88.3 cm³/mol. The molecular weight excluding hydrogens is 314 g/mol. The highest BCUT2D eigenvalue weighted by Gasteiger charge is 2.12. The molecule has 0 fully saturated rings. The first-order chi connectivity index (χ1) is 11.1. The van der Waals surface area contributed by atoms with Crippen molar-refractivity contribution in [1.29, 1.82) is 0 Å². The quantitative estimate of drug-likeness (QED) is 0.675. The van der Waals surface area contributed by atoms with Gasteiger partial charge in [-0.25, -0.2) is 13.1 Å². The van der Waals surface area contributed by atoms with E-state index in [2.05, 4.69) is 15.0 Å². The highest BCUT2D eigenvalue weighted by atomic mass is 32.2. The molecule has 0 saturated carbocycles. The number of benzene rings is 1. The third-order valence-corrected chi connectivity index (χ3v) is 4.69. The maximum Gasteiger partial charge on any atom is 0.240 e. The second-order valence-corrected chi connectivity index (χ2v) is 6.77. The molecule has 0 unspecified atom stereocenters. The minimum absolute atomic E-state index is 0.254. The third-order valence-electron chi connectivity index (χ3n) is 3.21. The van der Waals surface area contributed by atoms with Crippen molar-refractivity contribution in [2.24, 2.45) is 0 Å². The van der Waals surface area contributed by atoms with E-state index in [1.807, 2.05) is 18.3 Å². The molecule has 7 heteroatoms. The van der Waals surface area contributed by atoms with Gasteiger partial charge in [-0.05, 0) is 29.3 Å². The molecule has 2 rings (SSSR count). The van der Waals surface area contributed by atoms with Crippen LogP contribution in [0.4, 0.5) is 0 Å². The van der Waals surface area contributed by atoms with E-state index in [1.165, 1.54) is 7.11 Å². The van der Waals surface area contributed by atoms with Gasteiger partial charge in [0.1, 0.15) is 0 Å². The van der Waals surface area contributed by atoms with E-state index >= 15 is 0 Å². The monoisotopic (exact) mass is 335 g/mol. The van der Waals surface area contributed by atoms with Gasteiger partial charge in [-0.15, -0.1) is 0 Å². The molecule has 6 nitrogen and oxygen atoms in total. The number of hydrogen-bond acceptors (Lipinski definition) is 5. The van der Waals surface area contributed by atoms with Crippen LogP contribution in [0.15, 0.2) is 53.7 Å². The van der Waals surface area contributed by atoms with Gasteiger partial charge in [0.2, 0.25) is 10.0 Å². The number of ether oxygens (including phenoxy) is 1. The standard InChI is InChI=1S/C16H21N3O3S/c1-22-10-9-19-23(20,21)16-6-4-14(5-7-16)11-18-13-15-3-2-8-17-12-15/h2-8,12,18-19H,9-11,13H2,1H3. The van der Waals surface area contributed by atoms with Gasteiger partial charge in [-0.3, -0.25) is 4.98 Å². The molecule has 2 N–H and O–H groups in total. The van der Waals surface area contributed by atoms with E-state index in [1.54, 1.807) is 30.5 Å². The molecule has 0 aliphatic carbocycles. The molecule has 0 atom stereocenters. The SMILES string of the molecule is COCCNS(=O)(=O)c1ccc(CNCc2cccnc2)cc1. The maximum absolute atomic E-state index is 12.0. The molecule has 1 aromatic heterocycles. The van der Waals surface area contributed by atoms with Crippen LogP contribution in [0.3, 0.4) is 0 Å². The smallest absolute Gasteiger partial charge is 0.240 e. The molecular formula is C16H21N3O3S. The normalized spacial score (nSPS) is 11.5. The summed E-state index contributed by atoms with van der Waals surface area (Å²) in [5.41, 5.74) is 2.12. The maximum atomic E-state index is 12.0. The molecule has 1 heterocycles. The number of hydrogen-bond donors (Lipinski definition) is 2. The summed E-state index contributed by atoms with van der Waals surface area (Å²) in [5.74, 6) is 0. The fourth-order valence-corrected chi connectivity index (χ4v) is 3.01. The van der Waals surface area contributed by atoms with Crippen LogP contribution in [0.2, 0.25) is 0 Å². The molecule has 0 radical (unpaired) electrons. The molecule has 0 saturated heterocycles. The Morgan fingerprint density at radius 2 is 1.83 bits per heavy atom. The van der Waals surface area contributed by atoms with Crippen molar-refractivity contribution in [2.45, 2.75) is 18.0 Å². The zero-order chi connectivity index (χ0) is 16.5. The minimum Gasteiger partial charge on any atom is -0.383 e. The van der Waals surface area contributed by atoms with Gasteiger partial charge < -0.3 is 10.1 Å². The second-order valence-electron chi connectivity index (χ2n) is 5.00. The molecule has 0 bridgehead atoms. The first kappa shape index (κ1) is 17.6. The molecule has 0 spiro atoms. The summed E-state index contributed by atoms with van der Waals surface area (Å²) in [6.07, 6.45) is 3.55. The Morgan fingerprint density at radius 1 is 1.09 bits per heavy atom. The van der Waals surface area contributed by atoms with Gasteiger partial charge in [-0.1, -0.05) is 18.2 Å². The van der Waals surface area contributed by atoms with Gasteiger partial charge in [0, 0.05) is 39.1 Å². The molecule has 1 aromatic carbocycles. The Bertz CT molecular complexity index is 688. The number of aromatic nitrogens is 1. The number of sulfonamides is 1. The molecule has 0 aliphatic rings. The summed E-state index contributed by atoms with van der Waals surface area (Å²) in [4.78, 5) is 4.31. The predicted octanol–water partition coefficient (Wildman–Crippen LogP) is 1.30. The van der Waals surface area contributed by atoms with Crippen LogP contribution in [-0.4, -0.2) is 33.7 Å². The zero-order valence-electron chi connectivity index (χ0n) is 13.0. The van der Waals surface area contributed by atoms with Crippen molar-refractivity contribution in [3.8, 4) is 0 Å². The largest absolute Gasteiger partial charge is 0.383 e. The lowest BCUT2D eigenvalue weighted by molar-refractivity contribution is 0.204. The zero-order valence-corrected chi connectivity index (χ0v) is 13.8. The van der Waals surface area contributed by atoms with Crippen molar-refractivity contribution in [3.05, 3.63) is 59.9 Å². The number of nitrogens with zero attached hydrogens (tertiary/aromatic N) is 1. The fraction of sp³-hybridized carbons (Fsp3) is 0.312. The van der Waals surface area contributed by atoms with Crippen LogP contribution >= 0.6 is 0 Å². The second kappa shape index (κ2) is 8.73. The molecule has 0 aliphatic heterocycles. The van der Waals surface area contributed by atoms with E-state index in [9.17, 15) is 8.42 Å². The van der Waals surface area contributed by atoms with Crippen LogP contribution in [0, 0.1) is 0 Å². The summed E-state index contributed by atoms with van der Waals surface area (Å²) in [6.45, 7) is 1.97. The van der Waals surface area contributed by atoms with Gasteiger partial charge in [-0.2, -0.15) is 0 Å². The average molecular weight is 335 g/mol. The summed E-state index contributed by atoms with van der Waals surface area (Å²) < 4.78 is 31.4. The number of rotatable bonds is 9. The molecule has 0 amide bonds. The van der Waals surface area contributed by atoms with Gasteiger partial charge in [0.15, 0.2) is 0 Å². The van der Waals surface area contributed by atoms with Crippen LogP contribution in [0.1, 0.15) is 11.1 Å². The Hall–Kier alpha value is -1.80. The fourth-order valence-electron chi connectivity index (χ4n) is 2.00. The highest BCUT2D eigenvalue weighted by Crippen LogP contribution is 2.10. The first-order valence-electron chi connectivity index (χ1n) is 7.29. The van der Waals surface area contributed by atoms with E-state index < -0.39 is 10.0 Å². The minimum atomic E-state index is -3.47. The molecule has 23 heavy (non-hydrogen) atoms. The van der Waals surface area contributed by atoms with Crippen molar-refractivity contribution in [1.82, 2.24) is 15.0 Å². The Morgan fingerprint density at radius 3 is 2.48 bits per heavy atom. The van der Waals surface area contributed by atoms with E-state index in [0.717, 1.165) is 11.1 Å². The highest BCUT2D eigenvalue weighted by molar-refractivity contribution is 7.89. The molecule has 2 aromatic rings. The Balaban J connectivity index is 1.86. The van der Waals surface area contributed by atoms with Crippen molar-refractivity contribution < 1.29 is 13.2 Å². The lowest BCUT2D eigenvalue weighted by atomic mass is 10.2. The third kappa shape index (κ3) is 5.72. The summed E-state index contributed by atoms with van der Waals surface area (Å²) in [7, 11) is -1.94. The lowest BCUT2D eigenvalue weighted by Gasteiger charge is -2.08. The lowest BCUT2D eigenvalue weighted by Crippen LogP contribution is -2.27. The van der Waals surface area contributed by atoms with Gasteiger partial charge in [0.05, 0.1) is 11.5 Å². The van der Waals surface area contributed by atoms with E-state index in [4.69, 9.17) is 4.74 Å². The van der Waals surface area contributed by atoms with E-state index in [0.29, 0.717) is 19.7 Å². The molecule has 124 valence electrons. The van der Waals surface area contributed by atoms with Gasteiger partial charge in [0.25, 0.3) is 0 Å².